The van der Waals surface area contributed by atoms with Gasteiger partial charge in [0.25, 0.3) is 0 Å². The highest BCUT2D eigenvalue weighted by atomic mass is 35.7. The van der Waals surface area contributed by atoms with Crippen molar-refractivity contribution in [1.82, 2.24) is 15.4 Å². The molecule has 7 nitrogen and oxygen atoms in total. The molecule has 0 saturated heterocycles. The Balaban J connectivity index is 4.33. The smallest absolute Gasteiger partial charge is 0.277 e. The number of carbonyl (C=O) groups is 2. The van der Waals surface area contributed by atoms with Crippen LogP contribution in [0.2, 0.25) is 0 Å². The van der Waals surface area contributed by atoms with E-state index in [0.29, 0.717) is 0 Å². The fraction of sp³-hybridized carbons (Fsp3) is 0. The lowest BCUT2D eigenvalue weighted by Gasteiger charge is -2.12. The Morgan fingerprint density at radius 1 is 1.18 bits per heavy atom. The summed E-state index contributed by atoms with van der Waals surface area (Å²) in [6.45, 7) is 0. The first-order valence-electron chi connectivity index (χ1n) is 2.17. The highest BCUT2D eigenvalue weighted by Crippen LogP contribution is 1.96. The minimum atomic E-state index is -4.17. The molecule has 9 heteroatoms. The van der Waals surface area contributed by atoms with Crippen LogP contribution in [0.25, 0.3) is 0 Å². The molecule has 0 aliphatic carbocycles. The lowest BCUT2D eigenvalue weighted by atomic mass is 11.4. The quantitative estimate of drug-likeness (QED) is 0.308. The first-order chi connectivity index (χ1) is 5.02. The van der Waals surface area contributed by atoms with Crippen molar-refractivity contribution >= 4 is 32.7 Å². The molecule has 0 aromatic heterocycles. The van der Waals surface area contributed by atoms with Crippen molar-refractivity contribution in [3.63, 3.8) is 0 Å². The number of hydrazine groups is 2. The van der Waals surface area contributed by atoms with Crippen LogP contribution in [0.1, 0.15) is 0 Å². The monoisotopic (exact) mass is 201 g/mol. The third-order valence-electron chi connectivity index (χ3n) is 0.558. The Hall–Kier alpha value is -0.860. The lowest BCUT2D eigenvalue weighted by molar-refractivity contribution is -0.116. The lowest BCUT2D eigenvalue weighted by Crippen LogP contribution is -2.48. The molecule has 64 valence electrons. The van der Waals surface area contributed by atoms with Gasteiger partial charge in [0.2, 0.25) is 12.8 Å². The van der Waals surface area contributed by atoms with Crippen LogP contribution in [0, 0.1) is 0 Å². The van der Waals surface area contributed by atoms with E-state index in [0.717, 1.165) is 0 Å². The van der Waals surface area contributed by atoms with E-state index < -0.39 is 9.24 Å². The summed E-state index contributed by atoms with van der Waals surface area (Å²) in [5.74, 6) is 0. The maximum atomic E-state index is 10.4. The maximum absolute atomic E-state index is 10.4. The third-order valence-corrected chi connectivity index (χ3v) is 1.62. The van der Waals surface area contributed by atoms with Crippen LogP contribution < -0.4 is 10.9 Å². The second-order valence-corrected chi connectivity index (χ2v) is 3.56. The first-order valence-corrected chi connectivity index (χ1v) is 4.43. The molecule has 0 bridgehead atoms. The van der Waals surface area contributed by atoms with Crippen molar-refractivity contribution in [3.05, 3.63) is 0 Å². The first kappa shape index (κ1) is 10.1. The molecule has 2 N–H and O–H groups in total. The second kappa shape index (κ2) is 4.11. The van der Waals surface area contributed by atoms with Gasteiger partial charge in [-0.1, -0.05) is 0 Å². The molecular formula is C2H4ClN3O4S. The standard InChI is InChI=1S/C2H4ClN3O4S/c3-11(9,10)6(4-1-7)5-2-8/h1-2H,(H,4,7)(H,5,8). The summed E-state index contributed by atoms with van der Waals surface area (Å²) in [6, 6.07) is 0. The molecule has 0 aliphatic rings. The number of halogens is 1. The van der Waals surface area contributed by atoms with Crippen LogP contribution >= 0.6 is 10.7 Å². The number of nitrogens with zero attached hydrogens (tertiary/aromatic N) is 1. The van der Waals surface area contributed by atoms with Crippen LogP contribution in [0.4, 0.5) is 0 Å². The Bertz CT molecular complexity index is 228. The average Bonchev–Trinajstić information content (AvgIpc) is 1.85. The van der Waals surface area contributed by atoms with Crippen molar-refractivity contribution in [2.75, 3.05) is 0 Å². The van der Waals surface area contributed by atoms with Crippen LogP contribution in [-0.2, 0) is 18.8 Å². The third kappa shape index (κ3) is 3.75. The SMILES string of the molecule is O=CNN(NC=O)S(=O)(=O)Cl. The molecule has 0 aromatic rings. The van der Waals surface area contributed by atoms with Gasteiger partial charge in [0.1, 0.15) is 0 Å². The second-order valence-electron chi connectivity index (χ2n) is 1.20. The number of rotatable bonds is 5. The summed E-state index contributed by atoms with van der Waals surface area (Å²) in [5.41, 5.74) is 3.23. The van der Waals surface area contributed by atoms with Crippen molar-refractivity contribution < 1.29 is 18.0 Å². The average molecular weight is 202 g/mol. The van der Waals surface area contributed by atoms with E-state index >= 15 is 0 Å². The van der Waals surface area contributed by atoms with Gasteiger partial charge in [0, 0.05) is 10.7 Å². The van der Waals surface area contributed by atoms with Crippen LogP contribution in [-0.4, -0.2) is 25.8 Å². The highest BCUT2D eigenvalue weighted by Gasteiger charge is 2.16. The van der Waals surface area contributed by atoms with E-state index in [1.165, 1.54) is 0 Å². The molecule has 0 aliphatic heterocycles. The molecule has 0 saturated carbocycles. The molecule has 0 atom stereocenters. The summed E-state index contributed by atoms with van der Waals surface area (Å²) in [4.78, 5) is 19.4. The number of amides is 2. The van der Waals surface area contributed by atoms with E-state index in [1.54, 1.807) is 10.9 Å². The normalized spacial score (nSPS) is 10.7. The zero-order valence-corrected chi connectivity index (χ0v) is 6.59. The summed E-state index contributed by atoms with van der Waals surface area (Å²) in [7, 11) is 0.544. The van der Waals surface area contributed by atoms with E-state index in [4.69, 9.17) is 10.7 Å². The van der Waals surface area contributed by atoms with Crippen LogP contribution in [0.15, 0.2) is 0 Å². The Morgan fingerprint density at radius 3 is 1.73 bits per heavy atom. The molecule has 0 rings (SSSR count). The van der Waals surface area contributed by atoms with Gasteiger partial charge in [-0.25, -0.2) is 0 Å². The molecule has 11 heavy (non-hydrogen) atoms. The van der Waals surface area contributed by atoms with E-state index in [2.05, 4.69) is 0 Å². The Kier molecular flexibility index (Phi) is 3.79. The Morgan fingerprint density at radius 2 is 1.55 bits per heavy atom. The molecule has 0 unspecified atom stereocenters. The minimum Gasteiger partial charge on any atom is -0.277 e. The predicted octanol–water partition coefficient (Wildman–Crippen LogP) is -1.91. The maximum Gasteiger partial charge on any atom is 0.334 e. The van der Waals surface area contributed by atoms with Crippen LogP contribution in [0.3, 0.4) is 0 Å². The van der Waals surface area contributed by atoms with Gasteiger partial charge in [-0.3, -0.25) is 20.4 Å². The van der Waals surface area contributed by atoms with E-state index in [9.17, 15) is 18.0 Å². The van der Waals surface area contributed by atoms with Gasteiger partial charge in [-0.05, 0) is 4.52 Å². The molecule has 0 heterocycles. The number of hydrogen-bond acceptors (Lipinski definition) is 4. The van der Waals surface area contributed by atoms with Gasteiger partial charge in [-0.15, -0.1) is 0 Å². The summed E-state index contributed by atoms with van der Waals surface area (Å²) < 4.78 is 20.8. The summed E-state index contributed by atoms with van der Waals surface area (Å²) in [6.07, 6.45) is 0.0762. The Labute approximate surface area is 66.8 Å². The van der Waals surface area contributed by atoms with E-state index in [-0.39, 0.29) is 17.3 Å². The van der Waals surface area contributed by atoms with E-state index in [1.807, 2.05) is 0 Å². The van der Waals surface area contributed by atoms with Crippen molar-refractivity contribution in [3.8, 4) is 0 Å². The van der Waals surface area contributed by atoms with Crippen molar-refractivity contribution in [2.45, 2.75) is 0 Å². The fourth-order valence-electron chi connectivity index (χ4n) is 0.259. The van der Waals surface area contributed by atoms with Crippen molar-refractivity contribution in [2.24, 2.45) is 0 Å². The van der Waals surface area contributed by atoms with Gasteiger partial charge in [-0.2, -0.15) is 8.42 Å². The number of hydrogen-bond donors (Lipinski definition) is 2. The molecule has 0 radical (unpaired) electrons. The fourth-order valence-corrected chi connectivity index (χ4v) is 0.836. The van der Waals surface area contributed by atoms with Gasteiger partial charge in [0.15, 0.2) is 0 Å². The predicted molar refractivity (Wildman–Crippen MR) is 35.0 cm³/mol. The number of nitrogens with one attached hydrogen (secondary N) is 2. The highest BCUT2D eigenvalue weighted by molar-refractivity contribution is 8.11. The van der Waals surface area contributed by atoms with Gasteiger partial charge in [0.05, 0.1) is 0 Å². The number of carbonyl (C=O) groups excluding carboxylic acids is 2. The topological polar surface area (TPSA) is 95.6 Å². The molecule has 0 spiro atoms. The molecule has 2 amide bonds. The van der Waals surface area contributed by atoms with Gasteiger partial charge >= 0.3 is 9.24 Å². The zero-order valence-electron chi connectivity index (χ0n) is 5.02. The minimum absolute atomic E-state index is 0.0381. The zero-order chi connectivity index (χ0) is 8.91. The molecular weight excluding hydrogens is 198 g/mol. The summed E-state index contributed by atoms with van der Waals surface area (Å²) >= 11 is 0. The van der Waals surface area contributed by atoms with Crippen LogP contribution in [0.5, 0.6) is 0 Å². The summed E-state index contributed by atoms with van der Waals surface area (Å²) in [5, 5.41) is 0. The molecule has 0 fully saturated rings. The van der Waals surface area contributed by atoms with Gasteiger partial charge < -0.3 is 0 Å². The molecule has 0 aromatic carbocycles. The van der Waals surface area contributed by atoms with Crippen molar-refractivity contribution in [1.29, 1.82) is 0 Å². The largest absolute Gasteiger partial charge is 0.334 e.